The van der Waals surface area contributed by atoms with Gasteiger partial charge in [-0.25, -0.2) is 4.39 Å². The van der Waals surface area contributed by atoms with Crippen LogP contribution < -0.4 is 4.74 Å². The Labute approximate surface area is 164 Å². The molecule has 0 amide bonds. The number of hydrogen-bond donors (Lipinski definition) is 0. The van der Waals surface area contributed by atoms with Crippen LogP contribution in [0.2, 0.25) is 0 Å². The van der Waals surface area contributed by atoms with Crippen LogP contribution in [0.25, 0.3) is 22.8 Å². The lowest BCUT2D eigenvalue weighted by Gasteiger charge is -2.07. The van der Waals surface area contributed by atoms with Crippen molar-refractivity contribution in [3.63, 3.8) is 0 Å². The summed E-state index contributed by atoms with van der Waals surface area (Å²) in [5.41, 5.74) is 1.76. The first-order valence-corrected chi connectivity index (χ1v) is 8.65. The molecule has 0 atom stereocenters. The van der Waals surface area contributed by atoms with E-state index < -0.39 is 4.92 Å². The Kier molecular flexibility index (Phi) is 4.98. The lowest BCUT2D eigenvalue weighted by molar-refractivity contribution is -0.384. The van der Waals surface area contributed by atoms with Crippen LogP contribution in [0.5, 0.6) is 5.75 Å². The van der Waals surface area contributed by atoms with E-state index in [0.29, 0.717) is 28.3 Å². The highest BCUT2D eigenvalue weighted by Crippen LogP contribution is 2.27. The second kappa shape index (κ2) is 7.89. The molecular weight excluding hydrogens is 377 g/mol. The van der Waals surface area contributed by atoms with Gasteiger partial charge in [0.2, 0.25) is 5.82 Å². The van der Waals surface area contributed by atoms with Crippen molar-refractivity contribution in [2.24, 2.45) is 0 Å². The Morgan fingerprint density at radius 2 is 1.79 bits per heavy atom. The van der Waals surface area contributed by atoms with Gasteiger partial charge in [-0.05, 0) is 35.9 Å². The summed E-state index contributed by atoms with van der Waals surface area (Å²) in [4.78, 5) is 14.8. The summed E-state index contributed by atoms with van der Waals surface area (Å²) in [5, 5.41) is 14.9. The summed E-state index contributed by atoms with van der Waals surface area (Å²) in [6.07, 6.45) is 0. The molecule has 0 radical (unpaired) electrons. The Hall–Kier alpha value is -4.07. The fourth-order valence-corrected chi connectivity index (χ4v) is 2.73. The normalized spacial score (nSPS) is 10.7. The largest absolute Gasteiger partial charge is 0.489 e. The Balaban J connectivity index is 1.53. The van der Waals surface area contributed by atoms with E-state index in [1.165, 1.54) is 24.3 Å². The lowest BCUT2D eigenvalue weighted by Crippen LogP contribution is -1.96. The molecule has 1 heterocycles. The van der Waals surface area contributed by atoms with Crippen LogP contribution in [-0.2, 0) is 6.61 Å². The van der Waals surface area contributed by atoms with Crippen LogP contribution in [0, 0.1) is 15.9 Å². The molecule has 0 fully saturated rings. The number of nitrogens with zero attached hydrogens (tertiary/aromatic N) is 3. The molecule has 0 bridgehead atoms. The van der Waals surface area contributed by atoms with E-state index in [1.54, 1.807) is 48.5 Å². The Bertz CT molecular complexity index is 1180. The van der Waals surface area contributed by atoms with Crippen LogP contribution >= 0.6 is 0 Å². The second-order valence-electron chi connectivity index (χ2n) is 6.18. The first-order chi connectivity index (χ1) is 14.1. The van der Waals surface area contributed by atoms with Crippen LogP contribution in [0.3, 0.4) is 0 Å². The zero-order chi connectivity index (χ0) is 20.2. The topological polar surface area (TPSA) is 91.3 Å². The molecule has 0 aliphatic carbocycles. The number of nitro benzene ring substituents is 1. The summed E-state index contributed by atoms with van der Waals surface area (Å²) < 4.78 is 24.2. The third-order valence-corrected chi connectivity index (χ3v) is 4.12. The monoisotopic (exact) mass is 391 g/mol. The van der Waals surface area contributed by atoms with E-state index in [9.17, 15) is 14.5 Å². The minimum atomic E-state index is -0.486. The van der Waals surface area contributed by atoms with Crippen LogP contribution in [0.15, 0.2) is 77.3 Å². The van der Waals surface area contributed by atoms with Crippen LogP contribution in [-0.4, -0.2) is 15.1 Å². The van der Waals surface area contributed by atoms with Gasteiger partial charge in [-0.2, -0.15) is 4.98 Å². The molecule has 0 saturated heterocycles. The van der Waals surface area contributed by atoms with Gasteiger partial charge in [-0.15, -0.1) is 0 Å². The van der Waals surface area contributed by atoms with Crippen molar-refractivity contribution < 1.29 is 18.6 Å². The molecule has 4 aromatic rings. The van der Waals surface area contributed by atoms with Crippen LogP contribution in [0.4, 0.5) is 10.1 Å². The van der Waals surface area contributed by atoms with E-state index >= 15 is 0 Å². The molecule has 144 valence electrons. The van der Waals surface area contributed by atoms with Gasteiger partial charge in [0.15, 0.2) is 0 Å². The van der Waals surface area contributed by atoms with Crippen molar-refractivity contribution in [3.8, 4) is 28.6 Å². The average molecular weight is 391 g/mol. The molecule has 8 heteroatoms. The number of non-ortho nitro benzene ring substituents is 1. The van der Waals surface area contributed by atoms with Gasteiger partial charge >= 0.3 is 0 Å². The molecule has 0 saturated carbocycles. The summed E-state index contributed by atoms with van der Waals surface area (Å²) >= 11 is 0. The molecule has 7 nitrogen and oxygen atoms in total. The Morgan fingerprint density at radius 3 is 2.62 bits per heavy atom. The predicted molar refractivity (Wildman–Crippen MR) is 103 cm³/mol. The number of hydrogen-bond acceptors (Lipinski definition) is 6. The maximum Gasteiger partial charge on any atom is 0.270 e. The molecule has 0 N–H and O–H groups in total. The van der Waals surface area contributed by atoms with Gasteiger partial charge in [0.05, 0.1) is 4.92 Å². The van der Waals surface area contributed by atoms with Gasteiger partial charge < -0.3 is 9.26 Å². The number of ether oxygens (including phenoxy) is 1. The van der Waals surface area contributed by atoms with Gasteiger partial charge in [0.25, 0.3) is 11.6 Å². The van der Waals surface area contributed by atoms with Crippen molar-refractivity contribution in [1.29, 1.82) is 0 Å². The van der Waals surface area contributed by atoms with Crippen molar-refractivity contribution in [1.82, 2.24) is 10.1 Å². The molecule has 4 rings (SSSR count). The van der Waals surface area contributed by atoms with Gasteiger partial charge in [0.1, 0.15) is 18.2 Å². The van der Waals surface area contributed by atoms with Crippen molar-refractivity contribution in [3.05, 3.63) is 94.3 Å². The smallest absolute Gasteiger partial charge is 0.270 e. The molecule has 1 aromatic heterocycles. The van der Waals surface area contributed by atoms with Gasteiger partial charge in [-0.1, -0.05) is 35.5 Å². The maximum atomic E-state index is 13.3. The maximum absolute atomic E-state index is 13.3. The molecule has 0 unspecified atom stereocenters. The fourth-order valence-electron chi connectivity index (χ4n) is 2.73. The standard InChI is InChI=1S/C21H14FN3O4/c22-17-7-1-4-14(10-17)13-28-19-9-3-5-15(12-19)20-23-21(29-24-20)16-6-2-8-18(11-16)25(26)27/h1-12H,13H2. The number of nitro groups is 1. The third kappa shape index (κ3) is 4.27. The summed E-state index contributed by atoms with van der Waals surface area (Å²) in [5.74, 6) is 0.742. The van der Waals surface area contributed by atoms with Crippen molar-refractivity contribution >= 4 is 5.69 Å². The van der Waals surface area contributed by atoms with E-state index in [2.05, 4.69) is 10.1 Å². The molecule has 0 spiro atoms. The first kappa shape index (κ1) is 18.3. The van der Waals surface area contributed by atoms with E-state index in [-0.39, 0.29) is 24.0 Å². The Morgan fingerprint density at radius 1 is 1.00 bits per heavy atom. The van der Waals surface area contributed by atoms with Gasteiger partial charge in [-0.3, -0.25) is 10.1 Å². The quantitative estimate of drug-likeness (QED) is 0.338. The molecule has 29 heavy (non-hydrogen) atoms. The SMILES string of the molecule is O=[N+]([O-])c1cccc(-c2nc(-c3cccc(OCc4cccc(F)c4)c3)no2)c1. The molecule has 0 aliphatic heterocycles. The molecule has 3 aromatic carbocycles. The average Bonchev–Trinajstić information content (AvgIpc) is 3.23. The first-order valence-electron chi connectivity index (χ1n) is 8.65. The van der Waals surface area contributed by atoms with Gasteiger partial charge in [0, 0.05) is 23.3 Å². The highest BCUT2D eigenvalue weighted by Gasteiger charge is 2.14. The lowest BCUT2D eigenvalue weighted by atomic mass is 10.2. The number of benzene rings is 3. The number of rotatable bonds is 6. The van der Waals surface area contributed by atoms with E-state index in [1.807, 2.05) is 0 Å². The number of halogens is 1. The number of aromatic nitrogens is 2. The summed E-state index contributed by atoms with van der Waals surface area (Å²) in [6.45, 7) is 0.215. The highest BCUT2D eigenvalue weighted by molar-refractivity contribution is 5.62. The zero-order valence-corrected chi connectivity index (χ0v) is 15.0. The predicted octanol–water partition coefficient (Wildman–Crippen LogP) is 5.03. The zero-order valence-electron chi connectivity index (χ0n) is 15.0. The summed E-state index contributed by atoms with van der Waals surface area (Å²) in [7, 11) is 0. The highest BCUT2D eigenvalue weighted by atomic mass is 19.1. The van der Waals surface area contributed by atoms with Crippen molar-refractivity contribution in [2.75, 3.05) is 0 Å². The molecule has 0 aliphatic rings. The van der Waals surface area contributed by atoms with E-state index in [4.69, 9.17) is 9.26 Å². The van der Waals surface area contributed by atoms with Crippen LogP contribution in [0.1, 0.15) is 5.56 Å². The minimum Gasteiger partial charge on any atom is -0.489 e. The van der Waals surface area contributed by atoms with E-state index in [0.717, 1.165) is 0 Å². The second-order valence-corrected chi connectivity index (χ2v) is 6.18. The van der Waals surface area contributed by atoms with Crippen molar-refractivity contribution in [2.45, 2.75) is 6.61 Å². The minimum absolute atomic E-state index is 0.0602. The molecular formula is C21H14FN3O4. The summed E-state index contributed by atoms with van der Waals surface area (Å²) in [6, 6.07) is 19.2. The third-order valence-electron chi connectivity index (χ3n) is 4.12. The fraction of sp³-hybridized carbons (Fsp3) is 0.0476.